The van der Waals surface area contributed by atoms with Crippen LogP contribution in [0.5, 0.6) is 0 Å². The summed E-state index contributed by atoms with van der Waals surface area (Å²) in [5.74, 6) is -0.528. The predicted octanol–water partition coefficient (Wildman–Crippen LogP) is 3.18. The zero-order valence-electron chi connectivity index (χ0n) is 10.5. The Morgan fingerprint density at radius 3 is 1.95 bits per heavy atom. The Morgan fingerprint density at radius 2 is 1.50 bits per heavy atom. The van der Waals surface area contributed by atoms with E-state index in [9.17, 15) is 17.6 Å². The SMILES string of the molecule is Cl.Cl.Fc1ccc([C@H](N2CCNCC2)C(F)(F)F)cc1. The van der Waals surface area contributed by atoms with Crippen LogP contribution in [0, 0.1) is 5.82 Å². The fourth-order valence-corrected chi connectivity index (χ4v) is 2.19. The van der Waals surface area contributed by atoms with Crippen LogP contribution in [-0.4, -0.2) is 37.3 Å². The predicted molar refractivity (Wildman–Crippen MR) is 74.1 cm³/mol. The molecule has 1 aliphatic heterocycles. The first-order chi connectivity index (χ1) is 8.48. The fourth-order valence-electron chi connectivity index (χ4n) is 2.19. The van der Waals surface area contributed by atoms with Crippen LogP contribution >= 0.6 is 24.8 Å². The first kappa shape index (κ1) is 19.4. The maximum Gasteiger partial charge on any atom is 0.408 e. The molecule has 0 spiro atoms. The molecule has 2 nitrogen and oxygen atoms in total. The summed E-state index contributed by atoms with van der Waals surface area (Å²) in [5.41, 5.74) is 0.0887. The first-order valence-corrected chi connectivity index (χ1v) is 5.75. The third-order valence-electron chi connectivity index (χ3n) is 3.01. The van der Waals surface area contributed by atoms with E-state index in [0.29, 0.717) is 26.2 Å². The monoisotopic (exact) mass is 334 g/mol. The maximum absolute atomic E-state index is 13.1. The number of benzene rings is 1. The molecule has 0 unspecified atom stereocenters. The molecule has 0 amide bonds. The van der Waals surface area contributed by atoms with Crippen LogP contribution in [0.15, 0.2) is 24.3 Å². The Hall–Kier alpha value is -0.560. The van der Waals surface area contributed by atoms with Gasteiger partial charge >= 0.3 is 6.18 Å². The van der Waals surface area contributed by atoms with Crippen molar-refractivity contribution < 1.29 is 17.6 Å². The van der Waals surface area contributed by atoms with Crippen molar-refractivity contribution in [3.8, 4) is 0 Å². The molecule has 8 heteroatoms. The minimum atomic E-state index is -4.35. The number of nitrogens with zero attached hydrogens (tertiary/aromatic N) is 1. The van der Waals surface area contributed by atoms with Gasteiger partial charge in [-0.1, -0.05) is 12.1 Å². The van der Waals surface area contributed by atoms with Crippen molar-refractivity contribution in [3.05, 3.63) is 35.6 Å². The highest BCUT2D eigenvalue weighted by Gasteiger charge is 2.44. The van der Waals surface area contributed by atoms with E-state index in [1.54, 1.807) is 0 Å². The van der Waals surface area contributed by atoms with E-state index in [0.717, 1.165) is 12.1 Å². The van der Waals surface area contributed by atoms with Crippen LogP contribution in [0.3, 0.4) is 0 Å². The molecule has 2 rings (SSSR count). The smallest absolute Gasteiger partial charge is 0.314 e. The van der Waals surface area contributed by atoms with Crippen LogP contribution in [0.2, 0.25) is 0 Å². The van der Waals surface area contributed by atoms with Crippen LogP contribution in [-0.2, 0) is 0 Å². The first-order valence-electron chi connectivity index (χ1n) is 5.75. The van der Waals surface area contributed by atoms with Gasteiger partial charge in [0.15, 0.2) is 0 Å². The lowest BCUT2D eigenvalue weighted by atomic mass is 10.0. The van der Waals surface area contributed by atoms with E-state index >= 15 is 0 Å². The lowest BCUT2D eigenvalue weighted by molar-refractivity contribution is -0.187. The standard InChI is InChI=1S/C12H14F4N2.2ClH/c13-10-3-1-9(2-4-10)11(12(14,15)16)18-7-5-17-6-8-18;;/h1-4,11,17H,5-8H2;2*1H/t11-;;/m0../s1. The van der Waals surface area contributed by atoms with Gasteiger partial charge in [-0.05, 0) is 17.7 Å². The van der Waals surface area contributed by atoms with Gasteiger partial charge in [0, 0.05) is 26.2 Å². The fraction of sp³-hybridized carbons (Fsp3) is 0.500. The molecule has 116 valence electrons. The normalized spacial score (nSPS) is 17.8. The van der Waals surface area contributed by atoms with E-state index in [4.69, 9.17) is 0 Å². The Kier molecular flexibility index (Phi) is 7.80. The van der Waals surface area contributed by atoms with Crippen LogP contribution in [0.25, 0.3) is 0 Å². The summed E-state index contributed by atoms with van der Waals surface area (Å²) in [6.45, 7) is 1.74. The number of alkyl halides is 3. The molecule has 0 saturated carbocycles. The van der Waals surface area contributed by atoms with Gasteiger partial charge in [-0.2, -0.15) is 13.2 Å². The van der Waals surface area contributed by atoms with E-state index in [1.807, 2.05) is 0 Å². The molecular formula is C12H16Cl2F4N2. The van der Waals surface area contributed by atoms with Crippen LogP contribution in [0.1, 0.15) is 11.6 Å². The topological polar surface area (TPSA) is 15.3 Å². The average Bonchev–Trinajstić information content (AvgIpc) is 2.32. The van der Waals surface area contributed by atoms with E-state index in [-0.39, 0.29) is 30.4 Å². The number of nitrogens with one attached hydrogen (secondary N) is 1. The van der Waals surface area contributed by atoms with Crippen molar-refractivity contribution in [2.24, 2.45) is 0 Å². The molecule has 1 aliphatic rings. The van der Waals surface area contributed by atoms with Crippen molar-refractivity contribution in [1.29, 1.82) is 0 Å². The molecule has 1 fully saturated rings. The summed E-state index contributed by atoms with van der Waals surface area (Å²) in [5, 5.41) is 3.01. The number of halogens is 6. The molecule has 1 heterocycles. The number of hydrogen-bond acceptors (Lipinski definition) is 2. The van der Waals surface area contributed by atoms with E-state index in [2.05, 4.69) is 5.32 Å². The number of rotatable bonds is 2. The lowest BCUT2D eigenvalue weighted by Crippen LogP contribution is -2.49. The maximum atomic E-state index is 13.1. The van der Waals surface area contributed by atoms with Crippen molar-refractivity contribution in [2.75, 3.05) is 26.2 Å². The van der Waals surface area contributed by atoms with Gasteiger partial charge in [-0.15, -0.1) is 24.8 Å². The van der Waals surface area contributed by atoms with Crippen LogP contribution in [0.4, 0.5) is 17.6 Å². The molecule has 1 saturated heterocycles. The summed E-state index contributed by atoms with van der Waals surface area (Å²) < 4.78 is 52.2. The second-order valence-electron chi connectivity index (χ2n) is 4.28. The summed E-state index contributed by atoms with van der Waals surface area (Å²) in [6.07, 6.45) is -4.35. The second-order valence-corrected chi connectivity index (χ2v) is 4.28. The summed E-state index contributed by atoms with van der Waals surface area (Å²) in [4.78, 5) is 1.38. The van der Waals surface area contributed by atoms with Crippen LogP contribution < -0.4 is 5.32 Å². The highest BCUT2D eigenvalue weighted by atomic mass is 35.5. The minimum Gasteiger partial charge on any atom is -0.314 e. The molecule has 20 heavy (non-hydrogen) atoms. The lowest BCUT2D eigenvalue weighted by Gasteiger charge is -2.36. The molecule has 1 atom stereocenters. The average molecular weight is 335 g/mol. The van der Waals surface area contributed by atoms with Gasteiger partial charge in [-0.3, -0.25) is 4.90 Å². The highest BCUT2D eigenvalue weighted by Crippen LogP contribution is 2.37. The highest BCUT2D eigenvalue weighted by molar-refractivity contribution is 5.85. The zero-order chi connectivity index (χ0) is 13.2. The van der Waals surface area contributed by atoms with Gasteiger partial charge in [0.25, 0.3) is 0 Å². The minimum absolute atomic E-state index is 0. The molecule has 1 N–H and O–H groups in total. The second kappa shape index (κ2) is 8.02. The van der Waals surface area contributed by atoms with Gasteiger partial charge < -0.3 is 5.32 Å². The third-order valence-corrected chi connectivity index (χ3v) is 3.01. The molecule has 0 aromatic heterocycles. The zero-order valence-corrected chi connectivity index (χ0v) is 12.1. The Labute approximate surface area is 127 Å². The van der Waals surface area contributed by atoms with Gasteiger partial charge in [0.2, 0.25) is 0 Å². The molecule has 1 aromatic rings. The molecule has 0 bridgehead atoms. The van der Waals surface area contributed by atoms with Gasteiger partial charge in [0.1, 0.15) is 11.9 Å². The van der Waals surface area contributed by atoms with Gasteiger partial charge in [-0.25, -0.2) is 4.39 Å². The quantitative estimate of drug-likeness (QED) is 0.835. The largest absolute Gasteiger partial charge is 0.408 e. The number of hydrogen-bond donors (Lipinski definition) is 1. The Bertz CT molecular complexity index is 391. The Balaban J connectivity index is 0.00000180. The molecule has 0 aliphatic carbocycles. The van der Waals surface area contributed by atoms with Crippen molar-refractivity contribution in [2.45, 2.75) is 12.2 Å². The van der Waals surface area contributed by atoms with E-state index in [1.165, 1.54) is 17.0 Å². The summed E-state index contributed by atoms with van der Waals surface area (Å²) in [6, 6.07) is 2.89. The summed E-state index contributed by atoms with van der Waals surface area (Å²) in [7, 11) is 0. The molecule has 0 radical (unpaired) electrons. The van der Waals surface area contributed by atoms with Crippen molar-refractivity contribution >= 4 is 24.8 Å². The molecular weight excluding hydrogens is 319 g/mol. The number of piperazine rings is 1. The third kappa shape index (κ3) is 4.77. The molecule has 1 aromatic carbocycles. The Morgan fingerprint density at radius 1 is 1.00 bits per heavy atom. The van der Waals surface area contributed by atoms with Crippen molar-refractivity contribution in [1.82, 2.24) is 10.2 Å². The van der Waals surface area contributed by atoms with Crippen molar-refractivity contribution in [3.63, 3.8) is 0 Å². The summed E-state index contributed by atoms with van der Waals surface area (Å²) >= 11 is 0. The van der Waals surface area contributed by atoms with E-state index < -0.39 is 18.0 Å². The van der Waals surface area contributed by atoms with Gasteiger partial charge in [0.05, 0.1) is 0 Å².